The molecule has 0 saturated heterocycles. The van der Waals surface area contributed by atoms with E-state index < -0.39 is 0 Å². The number of phenolic OH excluding ortho intramolecular Hbond substituents is 1. The Morgan fingerprint density at radius 3 is 2.83 bits per heavy atom. The lowest BCUT2D eigenvalue weighted by atomic mass is 10.2. The van der Waals surface area contributed by atoms with Gasteiger partial charge in [0.2, 0.25) is 0 Å². The fraction of sp³-hybridized carbons (Fsp3) is 0.200. The zero-order chi connectivity index (χ0) is 8.97. The molecular formula is C10H12OS. The van der Waals surface area contributed by atoms with Gasteiger partial charge in [-0.3, -0.25) is 0 Å². The number of thioether (sulfide) groups is 1. The van der Waals surface area contributed by atoms with Crippen LogP contribution >= 0.6 is 11.8 Å². The second kappa shape index (κ2) is 4.21. The predicted octanol–water partition coefficient (Wildman–Crippen LogP) is 3.33. The summed E-state index contributed by atoms with van der Waals surface area (Å²) in [4.78, 5) is 1.10. The van der Waals surface area contributed by atoms with Gasteiger partial charge in [-0.2, -0.15) is 0 Å². The van der Waals surface area contributed by atoms with Crippen molar-refractivity contribution in [3.05, 3.63) is 35.2 Å². The predicted molar refractivity (Wildman–Crippen MR) is 53.5 cm³/mol. The summed E-state index contributed by atoms with van der Waals surface area (Å²) >= 11 is 1.62. The van der Waals surface area contributed by atoms with E-state index in [0.717, 1.165) is 4.90 Å². The van der Waals surface area contributed by atoms with E-state index in [1.807, 2.05) is 31.4 Å². The second-order valence-electron chi connectivity index (χ2n) is 2.54. The van der Waals surface area contributed by atoms with Gasteiger partial charge in [0.25, 0.3) is 0 Å². The molecule has 0 fully saturated rings. The van der Waals surface area contributed by atoms with E-state index in [1.165, 1.54) is 5.56 Å². The molecule has 0 radical (unpaired) electrons. The fourth-order valence-electron chi connectivity index (χ4n) is 0.857. The summed E-state index contributed by atoms with van der Waals surface area (Å²) in [6.45, 7) is 4.01. The van der Waals surface area contributed by atoms with Crippen molar-refractivity contribution in [2.24, 2.45) is 0 Å². The minimum atomic E-state index is 0.326. The number of rotatable bonds is 2. The minimum Gasteiger partial charge on any atom is -0.508 e. The molecule has 1 aromatic carbocycles. The number of phenols is 1. The number of allylic oxidation sites excluding steroid dienone is 1. The van der Waals surface area contributed by atoms with Crippen LogP contribution in [0.4, 0.5) is 0 Å². The summed E-state index contributed by atoms with van der Waals surface area (Å²) in [6.07, 6.45) is 1.98. The maximum atomic E-state index is 9.20. The molecule has 2 heteroatoms. The minimum absolute atomic E-state index is 0.326. The normalized spacial score (nSPS) is 10.8. The zero-order valence-electron chi connectivity index (χ0n) is 7.24. The Hall–Kier alpha value is -0.890. The van der Waals surface area contributed by atoms with Gasteiger partial charge in [-0.25, -0.2) is 0 Å². The lowest BCUT2D eigenvalue weighted by molar-refractivity contribution is 0.473. The Balaban J connectivity index is 2.89. The standard InChI is InChI=1S/C10H12OS/c1-3-6-12-10-7-9(11)5-4-8(10)2/h3-7,11H,1-2H3. The Labute approximate surface area is 77.1 Å². The van der Waals surface area contributed by atoms with E-state index in [4.69, 9.17) is 0 Å². The molecule has 0 heterocycles. The molecule has 0 amide bonds. The molecule has 1 aromatic rings. The largest absolute Gasteiger partial charge is 0.508 e. The average molecular weight is 180 g/mol. The van der Waals surface area contributed by atoms with Crippen LogP contribution in [0.1, 0.15) is 12.5 Å². The first-order valence-electron chi connectivity index (χ1n) is 3.81. The van der Waals surface area contributed by atoms with Crippen LogP contribution in [0.25, 0.3) is 0 Å². The molecule has 0 bridgehead atoms. The average Bonchev–Trinajstić information content (AvgIpc) is 2.07. The third kappa shape index (κ3) is 2.31. The molecule has 0 spiro atoms. The van der Waals surface area contributed by atoms with Crippen molar-refractivity contribution in [3.8, 4) is 5.75 Å². The van der Waals surface area contributed by atoms with Gasteiger partial charge in [-0.05, 0) is 37.0 Å². The highest BCUT2D eigenvalue weighted by Gasteiger charge is 1.97. The second-order valence-corrected chi connectivity index (χ2v) is 3.48. The van der Waals surface area contributed by atoms with Crippen LogP contribution in [-0.4, -0.2) is 5.11 Å². The van der Waals surface area contributed by atoms with Crippen LogP contribution in [0.15, 0.2) is 34.6 Å². The van der Waals surface area contributed by atoms with E-state index in [2.05, 4.69) is 0 Å². The molecule has 0 saturated carbocycles. The Bertz CT molecular complexity index is 292. The number of benzene rings is 1. The van der Waals surface area contributed by atoms with Gasteiger partial charge < -0.3 is 5.11 Å². The summed E-state index contributed by atoms with van der Waals surface area (Å²) < 4.78 is 0. The van der Waals surface area contributed by atoms with E-state index in [0.29, 0.717) is 5.75 Å². The summed E-state index contributed by atoms with van der Waals surface area (Å²) in [6, 6.07) is 5.40. The van der Waals surface area contributed by atoms with E-state index in [1.54, 1.807) is 23.9 Å². The molecule has 0 aromatic heterocycles. The van der Waals surface area contributed by atoms with Crippen molar-refractivity contribution in [2.75, 3.05) is 0 Å². The molecule has 1 N–H and O–H groups in total. The monoisotopic (exact) mass is 180 g/mol. The topological polar surface area (TPSA) is 20.2 Å². The van der Waals surface area contributed by atoms with Gasteiger partial charge >= 0.3 is 0 Å². The van der Waals surface area contributed by atoms with Crippen LogP contribution in [-0.2, 0) is 0 Å². The molecular weight excluding hydrogens is 168 g/mol. The summed E-state index contributed by atoms with van der Waals surface area (Å²) in [7, 11) is 0. The molecule has 64 valence electrons. The summed E-state index contributed by atoms with van der Waals surface area (Å²) in [5.41, 5.74) is 1.19. The fourth-order valence-corrected chi connectivity index (χ4v) is 1.58. The third-order valence-corrected chi connectivity index (χ3v) is 2.60. The van der Waals surface area contributed by atoms with Crippen LogP contribution < -0.4 is 0 Å². The maximum absolute atomic E-state index is 9.20. The Morgan fingerprint density at radius 1 is 1.42 bits per heavy atom. The van der Waals surface area contributed by atoms with Gasteiger partial charge in [0.15, 0.2) is 0 Å². The smallest absolute Gasteiger partial charge is 0.116 e. The number of aryl methyl sites for hydroxylation is 1. The molecule has 0 atom stereocenters. The van der Waals surface area contributed by atoms with Crippen molar-refractivity contribution in [2.45, 2.75) is 18.7 Å². The first-order valence-corrected chi connectivity index (χ1v) is 4.69. The van der Waals surface area contributed by atoms with Crippen molar-refractivity contribution in [3.63, 3.8) is 0 Å². The van der Waals surface area contributed by atoms with Crippen molar-refractivity contribution in [1.29, 1.82) is 0 Å². The molecule has 1 nitrogen and oxygen atoms in total. The van der Waals surface area contributed by atoms with E-state index in [-0.39, 0.29) is 0 Å². The number of hydrogen-bond donors (Lipinski definition) is 1. The summed E-state index contributed by atoms with van der Waals surface area (Å²) in [5.74, 6) is 0.326. The number of aromatic hydroxyl groups is 1. The van der Waals surface area contributed by atoms with Crippen molar-refractivity contribution >= 4 is 11.8 Å². The zero-order valence-corrected chi connectivity index (χ0v) is 8.06. The molecule has 0 aliphatic carbocycles. The van der Waals surface area contributed by atoms with Crippen molar-refractivity contribution < 1.29 is 5.11 Å². The Kier molecular flexibility index (Phi) is 3.23. The molecule has 1 rings (SSSR count). The highest BCUT2D eigenvalue weighted by Crippen LogP contribution is 2.26. The molecule has 0 aliphatic heterocycles. The molecule has 12 heavy (non-hydrogen) atoms. The quantitative estimate of drug-likeness (QED) is 0.704. The maximum Gasteiger partial charge on any atom is 0.116 e. The van der Waals surface area contributed by atoms with E-state index >= 15 is 0 Å². The first-order chi connectivity index (χ1) is 5.74. The molecule has 0 aliphatic rings. The lowest BCUT2D eigenvalue weighted by Gasteiger charge is -2.01. The summed E-state index contributed by atoms with van der Waals surface area (Å²) in [5, 5.41) is 11.2. The van der Waals surface area contributed by atoms with Crippen LogP contribution in [0.2, 0.25) is 0 Å². The van der Waals surface area contributed by atoms with Crippen LogP contribution in [0.5, 0.6) is 5.75 Å². The Morgan fingerprint density at radius 2 is 2.17 bits per heavy atom. The van der Waals surface area contributed by atoms with Gasteiger partial charge in [0.1, 0.15) is 5.75 Å². The van der Waals surface area contributed by atoms with E-state index in [9.17, 15) is 5.11 Å². The first kappa shape index (κ1) is 9.20. The molecule has 0 unspecified atom stereocenters. The lowest BCUT2D eigenvalue weighted by Crippen LogP contribution is -1.76. The SMILES string of the molecule is CC=CSc1cc(O)ccc1C. The van der Waals surface area contributed by atoms with Gasteiger partial charge in [-0.15, -0.1) is 0 Å². The van der Waals surface area contributed by atoms with Crippen LogP contribution in [0, 0.1) is 6.92 Å². The van der Waals surface area contributed by atoms with Crippen molar-refractivity contribution in [1.82, 2.24) is 0 Å². The van der Waals surface area contributed by atoms with Gasteiger partial charge in [-0.1, -0.05) is 23.9 Å². The van der Waals surface area contributed by atoms with Gasteiger partial charge in [0, 0.05) is 4.90 Å². The highest BCUT2D eigenvalue weighted by atomic mass is 32.2. The highest BCUT2D eigenvalue weighted by molar-refractivity contribution is 8.02. The van der Waals surface area contributed by atoms with Gasteiger partial charge in [0.05, 0.1) is 0 Å². The number of hydrogen-bond acceptors (Lipinski definition) is 2. The van der Waals surface area contributed by atoms with Crippen LogP contribution in [0.3, 0.4) is 0 Å². The third-order valence-electron chi connectivity index (χ3n) is 1.50.